The number of thiazole rings is 1. The van der Waals surface area contributed by atoms with Crippen molar-refractivity contribution < 1.29 is 18.4 Å². The number of hydrogen-bond donors (Lipinski definition) is 1. The number of halogens is 2. The fourth-order valence-corrected chi connectivity index (χ4v) is 4.84. The molecule has 2 atom stereocenters. The number of rotatable bonds is 4. The molecule has 0 radical (unpaired) electrons. The van der Waals surface area contributed by atoms with E-state index in [9.17, 15) is 18.4 Å². The van der Waals surface area contributed by atoms with Crippen LogP contribution in [0.25, 0.3) is 0 Å². The van der Waals surface area contributed by atoms with Gasteiger partial charge in [0, 0.05) is 24.5 Å². The summed E-state index contributed by atoms with van der Waals surface area (Å²) < 4.78 is 28.5. The fourth-order valence-electron chi connectivity index (χ4n) is 4.23. The Morgan fingerprint density at radius 3 is 2.57 bits per heavy atom. The van der Waals surface area contributed by atoms with E-state index in [0.29, 0.717) is 36.7 Å². The number of amides is 2. The second-order valence-electron chi connectivity index (χ2n) is 7.56. The van der Waals surface area contributed by atoms with E-state index < -0.39 is 23.4 Å². The molecule has 2 aliphatic rings. The molecule has 1 aliphatic heterocycles. The molecule has 2 amide bonds. The number of nitrogens with one attached hydrogen (secondary N) is 1. The smallest absolute Gasteiger partial charge is 0.256 e. The molecule has 5 nitrogen and oxygen atoms in total. The van der Waals surface area contributed by atoms with Gasteiger partial charge in [-0.3, -0.25) is 9.59 Å². The summed E-state index contributed by atoms with van der Waals surface area (Å²) in [6.45, 7) is 3.06. The van der Waals surface area contributed by atoms with E-state index in [-0.39, 0.29) is 17.7 Å². The van der Waals surface area contributed by atoms with Crippen molar-refractivity contribution in [3.8, 4) is 0 Å². The number of carbonyl (C=O) groups is 2. The molecule has 4 rings (SSSR count). The third-order valence-corrected chi connectivity index (χ3v) is 6.41. The second-order valence-corrected chi connectivity index (χ2v) is 8.62. The lowest BCUT2D eigenvalue weighted by molar-refractivity contribution is -0.115. The molecular formula is C20H21F2N3O2S. The first-order valence-electron chi connectivity index (χ1n) is 9.40. The first-order chi connectivity index (χ1) is 13.4. The zero-order valence-corrected chi connectivity index (χ0v) is 16.3. The molecule has 28 heavy (non-hydrogen) atoms. The number of fused-ring (bicyclic) bond motifs is 1. The molecule has 0 unspecified atom stereocenters. The van der Waals surface area contributed by atoms with Crippen LogP contribution < -0.4 is 5.32 Å². The van der Waals surface area contributed by atoms with Crippen molar-refractivity contribution in [1.29, 1.82) is 0 Å². The lowest BCUT2D eigenvalue weighted by atomic mass is 10.0. The Balaban J connectivity index is 1.49. The highest BCUT2D eigenvalue weighted by atomic mass is 32.1. The van der Waals surface area contributed by atoms with Crippen molar-refractivity contribution in [1.82, 2.24) is 9.88 Å². The number of anilines is 1. The minimum Gasteiger partial charge on any atom is -0.338 e. The van der Waals surface area contributed by atoms with Gasteiger partial charge < -0.3 is 10.2 Å². The third-order valence-electron chi connectivity index (χ3n) is 5.58. The van der Waals surface area contributed by atoms with Gasteiger partial charge in [0.05, 0.1) is 28.4 Å². The number of carbonyl (C=O) groups excluding carboxylic acids is 2. The Morgan fingerprint density at radius 2 is 1.93 bits per heavy atom. The van der Waals surface area contributed by atoms with E-state index in [0.717, 1.165) is 23.9 Å². The first-order valence-corrected chi connectivity index (χ1v) is 10.3. The summed E-state index contributed by atoms with van der Waals surface area (Å²) in [6, 6.07) is 1.76. The van der Waals surface area contributed by atoms with Crippen molar-refractivity contribution in [2.75, 3.05) is 18.4 Å². The van der Waals surface area contributed by atoms with Crippen LogP contribution in [0.5, 0.6) is 0 Å². The molecule has 8 heteroatoms. The van der Waals surface area contributed by atoms with Crippen LogP contribution in [0.1, 0.15) is 40.3 Å². The first kappa shape index (κ1) is 19.0. The summed E-state index contributed by atoms with van der Waals surface area (Å²) in [5.74, 6) is -1.77. The normalized spacial score (nSPS) is 21.0. The molecule has 1 aromatic carbocycles. The highest BCUT2D eigenvalue weighted by Crippen LogP contribution is 2.38. The van der Waals surface area contributed by atoms with E-state index in [4.69, 9.17) is 0 Å². The zero-order chi connectivity index (χ0) is 19.8. The number of aryl methyl sites for hydroxylation is 1. The Kier molecular flexibility index (Phi) is 5.14. The topological polar surface area (TPSA) is 62.3 Å². The maximum absolute atomic E-state index is 14.3. The molecule has 1 aromatic heterocycles. The van der Waals surface area contributed by atoms with E-state index in [1.165, 1.54) is 17.8 Å². The minimum absolute atomic E-state index is 0.0140. The Hall–Kier alpha value is -2.35. The van der Waals surface area contributed by atoms with Crippen LogP contribution in [0.3, 0.4) is 0 Å². The van der Waals surface area contributed by atoms with Crippen LogP contribution >= 0.6 is 11.3 Å². The molecule has 1 saturated heterocycles. The van der Waals surface area contributed by atoms with Gasteiger partial charge >= 0.3 is 0 Å². The van der Waals surface area contributed by atoms with Crippen molar-refractivity contribution >= 4 is 28.8 Å². The average molecular weight is 405 g/mol. The van der Waals surface area contributed by atoms with E-state index in [1.807, 2.05) is 6.92 Å². The van der Waals surface area contributed by atoms with Gasteiger partial charge in [0.1, 0.15) is 11.6 Å². The van der Waals surface area contributed by atoms with E-state index in [1.54, 1.807) is 10.3 Å². The Bertz CT molecular complexity index is 918. The highest BCUT2D eigenvalue weighted by Gasteiger charge is 2.38. The van der Waals surface area contributed by atoms with Crippen LogP contribution in [0.4, 0.5) is 14.5 Å². The van der Waals surface area contributed by atoms with Gasteiger partial charge in [0.15, 0.2) is 0 Å². The molecule has 0 bridgehead atoms. The fraction of sp³-hybridized carbons (Fsp3) is 0.450. The lowest BCUT2D eigenvalue weighted by Crippen LogP contribution is -2.30. The molecule has 0 spiro atoms. The van der Waals surface area contributed by atoms with Crippen LogP contribution in [0.2, 0.25) is 0 Å². The molecule has 1 saturated carbocycles. The van der Waals surface area contributed by atoms with Crippen molar-refractivity contribution in [3.05, 3.63) is 45.4 Å². The average Bonchev–Trinajstić information content (AvgIpc) is 3.33. The molecule has 1 aliphatic carbocycles. The Morgan fingerprint density at radius 1 is 1.21 bits per heavy atom. The van der Waals surface area contributed by atoms with Gasteiger partial charge in [-0.2, -0.15) is 0 Å². The van der Waals surface area contributed by atoms with Crippen molar-refractivity contribution in [2.24, 2.45) is 11.8 Å². The third kappa shape index (κ3) is 3.78. The quantitative estimate of drug-likeness (QED) is 0.842. The molecular weight excluding hydrogens is 384 g/mol. The highest BCUT2D eigenvalue weighted by molar-refractivity contribution is 7.09. The van der Waals surface area contributed by atoms with Gasteiger partial charge in [0.2, 0.25) is 5.91 Å². The van der Waals surface area contributed by atoms with Crippen molar-refractivity contribution in [2.45, 2.75) is 32.6 Å². The van der Waals surface area contributed by atoms with Gasteiger partial charge in [-0.1, -0.05) is 6.42 Å². The predicted octanol–water partition coefficient (Wildman–Crippen LogP) is 3.78. The number of likely N-dealkylation sites (tertiary alicyclic amines) is 1. The summed E-state index contributed by atoms with van der Waals surface area (Å²) in [5.41, 5.74) is 0.185. The second kappa shape index (κ2) is 7.58. The summed E-state index contributed by atoms with van der Waals surface area (Å²) >= 11 is 1.42. The number of nitrogens with zero attached hydrogens (tertiary/aromatic N) is 2. The van der Waals surface area contributed by atoms with Gasteiger partial charge in [-0.25, -0.2) is 13.8 Å². The SMILES string of the molecule is Cc1nc(CC(=O)Nc2cc(C(=O)N3C[C@H]4CCC[C@H]4C3)c(F)cc2F)cs1. The standard InChI is InChI=1S/C20H21F2N3O2S/c1-11-23-14(10-28-11)5-19(26)24-18-6-15(16(21)7-17(18)22)20(27)25-8-12-3-2-4-13(12)9-25/h6-7,10,12-13H,2-5,8-9H2,1H3,(H,24,26)/t12-,13+. The maximum Gasteiger partial charge on any atom is 0.256 e. The predicted molar refractivity (Wildman–Crippen MR) is 102 cm³/mol. The zero-order valence-electron chi connectivity index (χ0n) is 15.5. The molecule has 2 heterocycles. The van der Waals surface area contributed by atoms with Crippen LogP contribution in [0.15, 0.2) is 17.5 Å². The van der Waals surface area contributed by atoms with Gasteiger partial charge in [-0.15, -0.1) is 11.3 Å². The van der Waals surface area contributed by atoms with Crippen LogP contribution in [0, 0.1) is 30.4 Å². The maximum atomic E-state index is 14.3. The number of aromatic nitrogens is 1. The monoisotopic (exact) mass is 405 g/mol. The molecule has 1 N–H and O–H groups in total. The van der Waals surface area contributed by atoms with Crippen LogP contribution in [-0.2, 0) is 11.2 Å². The van der Waals surface area contributed by atoms with E-state index >= 15 is 0 Å². The number of benzene rings is 1. The van der Waals surface area contributed by atoms with Gasteiger partial charge in [0.25, 0.3) is 5.91 Å². The van der Waals surface area contributed by atoms with Gasteiger partial charge in [-0.05, 0) is 37.7 Å². The van der Waals surface area contributed by atoms with E-state index in [2.05, 4.69) is 10.3 Å². The summed E-state index contributed by atoms with van der Waals surface area (Å²) in [6.07, 6.45) is 3.35. The lowest BCUT2D eigenvalue weighted by Gasteiger charge is -2.18. The molecule has 2 aromatic rings. The largest absolute Gasteiger partial charge is 0.338 e. The van der Waals surface area contributed by atoms with Crippen molar-refractivity contribution in [3.63, 3.8) is 0 Å². The number of hydrogen-bond acceptors (Lipinski definition) is 4. The van der Waals surface area contributed by atoms with Crippen LogP contribution in [-0.4, -0.2) is 34.8 Å². The minimum atomic E-state index is -0.910. The summed E-state index contributed by atoms with van der Waals surface area (Å²) in [5, 5.41) is 5.03. The Labute approximate surface area is 165 Å². The summed E-state index contributed by atoms with van der Waals surface area (Å²) in [7, 11) is 0. The molecule has 148 valence electrons. The summed E-state index contributed by atoms with van der Waals surface area (Å²) in [4.78, 5) is 30.8. The molecule has 2 fully saturated rings.